The molecular weight excluding hydrogens is 579 g/mol. The van der Waals surface area contributed by atoms with Gasteiger partial charge in [-0.15, -0.1) is 11.3 Å². The van der Waals surface area contributed by atoms with Gasteiger partial charge in [0.05, 0.1) is 10.1 Å². The van der Waals surface area contributed by atoms with Gasteiger partial charge >= 0.3 is 0 Å². The van der Waals surface area contributed by atoms with Crippen LogP contribution in [-0.2, 0) is 5.41 Å². The fourth-order valence-electron chi connectivity index (χ4n) is 7.88. The number of para-hydroxylation sites is 3. The standard InChI is InChI=1S/C43H27NOS/c1-3-13-28(14-4-1)44(29-15-5-2-6-16-29)30-23-26-40-34(27-30)33-24-25-38-41(42(33)46-40)45-39-22-12-11-21-37(39)43(38)35-19-9-7-17-31(35)32-18-8-10-20-36(32)43/h1-27H. The SMILES string of the molecule is c1ccc(N(c2ccccc2)c2ccc3sc4c5c(ccc4c3c2)C2(c3ccccc3O5)c3ccccc3-c3ccccc32)cc1. The Morgan fingerprint density at radius 2 is 1.04 bits per heavy atom. The summed E-state index contributed by atoms with van der Waals surface area (Å²) in [5, 5.41) is 2.46. The van der Waals surface area contributed by atoms with E-state index in [1.54, 1.807) is 0 Å². The van der Waals surface area contributed by atoms with Gasteiger partial charge in [0, 0.05) is 43.7 Å². The highest BCUT2D eigenvalue weighted by atomic mass is 32.1. The molecule has 1 aliphatic carbocycles. The number of fused-ring (bicyclic) bond motifs is 13. The Labute approximate surface area is 271 Å². The van der Waals surface area contributed by atoms with Crippen molar-refractivity contribution in [1.82, 2.24) is 0 Å². The first-order valence-electron chi connectivity index (χ1n) is 15.7. The molecule has 1 aliphatic heterocycles. The maximum absolute atomic E-state index is 6.95. The predicted octanol–water partition coefficient (Wildman–Crippen LogP) is 12.0. The molecule has 46 heavy (non-hydrogen) atoms. The average molecular weight is 606 g/mol. The van der Waals surface area contributed by atoms with Crippen LogP contribution in [0.1, 0.15) is 22.3 Å². The van der Waals surface area contributed by atoms with Crippen molar-refractivity contribution in [2.75, 3.05) is 4.90 Å². The molecule has 216 valence electrons. The van der Waals surface area contributed by atoms with E-state index in [9.17, 15) is 0 Å². The summed E-state index contributed by atoms with van der Waals surface area (Å²) >= 11 is 1.82. The quantitative estimate of drug-likeness (QED) is 0.199. The molecule has 0 atom stereocenters. The van der Waals surface area contributed by atoms with Crippen molar-refractivity contribution in [3.8, 4) is 22.6 Å². The zero-order valence-electron chi connectivity index (χ0n) is 24.9. The third-order valence-electron chi connectivity index (χ3n) is 9.72. The van der Waals surface area contributed by atoms with Crippen LogP contribution in [0.25, 0.3) is 31.3 Å². The summed E-state index contributed by atoms with van der Waals surface area (Å²) in [4.78, 5) is 2.33. The summed E-state index contributed by atoms with van der Waals surface area (Å²) < 4.78 is 9.39. The normalized spacial score (nSPS) is 13.6. The number of rotatable bonds is 3. The third kappa shape index (κ3) is 3.41. The second-order valence-electron chi connectivity index (χ2n) is 12.0. The Bertz CT molecular complexity index is 2380. The number of benzene rings is 7. The van der Waals surface area contributed by atoms with Crippen LogP contribution in [-0.4, -0.2) is 0 Å². The molecule has 2 aliphatic rings. The van der Waals surface area contributed by atoms with Gasteiger partial charge in [-0.05, 0) is 70.8 Å². The van der Waals surface area contributed by atoms with Crippen molar-refractivity contribution in [1.29, 1.82) is 0 Å². The molecule has 0 fully saturated rings. The maximum atomic E-state index is 6.95. The maximum Gasteiger partial charge on any atom is 0.150 e. The van der Waals surface area contributed by atoms with E-state index in [-0.39, 0.29) is 0 Å². The Kier molecular flexibility index (Phi) is 5.40. The molecule has 3 heteroatoms. The first-order valence-corrected chi connectivity index (χ1v) is 16.5. The van der Waals surface area contributed by atoms with Gasteiger partial charge in [0.1, 0.15) is 11.5 Å². The highest BCUT2D eigenvalue weighted by Crippen LogP contribution is 2.63. The van der Waals surface area contributed by atoms with Crippen molar-refractivity contribution in [3.05, 3.63) is 186 Å². The lowest BCUT2D eigenvalue weighted by Crippen LogP contribution is -2.32. The van der Waals surface area contributed by atoms with E-state index >= 15 is 0 Å². The first kappa shape index (κ1) is 25.7. The van der Waals surface area contributed by atoms with Crippen molar-refractivity contribution in [2.24, 2.45) is 0 Å². The first-order chi connectivity index (χ1) is 22.8. The van der Waals surface area contributed by atoms with Gasteiger partial charge in [-0.1, -0.05) is 115 Å². The number of hydrogen-bond donors (Lipinski definition) is 0. The number of anilines is 3. The lowest BCUT2D eigenvalue weighted by atomic mass is 9.66. The summed E-state index contributed by atoms with van der Waals surface area (Å²) in [6.07, 6.45) is 0. The van der Waals surface area contributed by atoms with Crippen LogP contribution in [0.5, 0.6) is 11.5 Å². The van der Waals surface area contributed by atoms with E-state index in [2.05, 4.69) is 169 Å². The third-order valence-corrected chi connectivity index (χ3v) is 10.9. The average Bonchev–Trinajstić information content (AvgIpc) is 3.64. The highest BCUT2D eigenvalue weighted by molar-refractivity contribution is 7.26. The van der Waals surface area contributed by atoms with E-state index in [4.69, 9.17) is 4.74 Å². The van der Waals surface area contributed by atoms with E-state index in [0.29, 0.717) is 0 Å². The smallest absolute Gasteiger partial charge is 0.150 e. The Morgan fingerprint density at radius 3 is 1.72 bits per heavy atom. The van der Waals surface area contributed by atoms with Crippen molar-refractivity contribution in [3.63, 3.8) is 0 Å². The molecule has 7 aromatic carbocycles. The minimum atomic E-state index is -0.454. The number of nitrogens with zero attached hydrogens (tertiary/aromatic N) is 1. The number of ether oxygens (including phenoxy) is 1. The molecule has 2 heterocycles. The van der Waals surface area contributed by atoms with Crippen LogP contribution < -0.4 is 9.64 Å². The Morgan fingerprint density at radius 1 is 0.457 bits per heavy atom. The highest BCUT2D eigenvalue weighted by Gasteiger charge is 2.51. The number of hydrogen-bond acceptors (Lipinski definition) is 3. The predicted molar refractivity (Wildman–Crippen MR) is 191 cm³/mol. The molecule has 10 rings (SSSR count). The van der Waals surface area contributed by atoms with Gasteiger partial charge in [-0.3, -0.25) is 0 Å². The summed E-state index contributed by atoms with van der Waals surface area (Å²) in [5.74, 6) is 1.89. The second-order valence-corrected chi connectivity index (χ2v) is 13.1. The fourth-order valence-corrected chi connectivity index (χ4v) is 9.04. The summed E-state index contributed by atoms with van der Waals surface area (Å²) in [6.45, 7) is 0. The van der Waals surface area contributed by atoms with Crippen LogP contribution in [0.4, 0.5) is 17.1 Å². The zero-order chi connectivity index (χ0) is 30.2. The van der Waals surface area contributed by atoms with Crippen molar-refractivity contribution < 1.29 is 4.74 Å². The topological polar surface area (TPSA) is 12.5 Å². The van der Waals surface area contributed by atoms with E-state index in [1.165, 1.54) is 53.6 Å². The summed E-state index contributed by atoms with van der Waals surface area (Å²) in [6, 6.07) is 59.1. The Balaban J connectivity index is 1.24. The number of thiophene rings is 1. The van der Waals surface area contributed by atoms with Crippen LogP contribution in [0.15, 0.2) is 164 Å². The molecule has 0 saturated heterocycles. The fraction of sp³-hybridized carbons (Fsp3) is 0.0233. The second kappa shape index (κ2) is 9.68. The zero-order valence-corrected chi connectivity index (χ0v) is 25.7. The molecule has 0 amide bonds. The molecular formula is C43H27NOS. The molecule has 0 saturated carbocycles. The minimum absolute atomic E-state index is 0.454. The lowest BCUT2D eigenvalue weighted by Gasteiger charge is -2.39. The van der Waals surface area contributed by atoms with Gasteiger partial charge in [-0.25, -0.2) is 0 Å². The molecule has 0 unspecified atom stereocenters. The van der Waals surface area contributed by atoms with E-state index in [1.807, 2.05) is 11.3 Å². The van der Waals surface area contributed by atoms with Crippen LogP contribution in [0, 0.1) is 0 Å². The van der Waals surface area contributed by atoms with Crippen molar-refractivity contribution >= 4 is 48.6 Å². The molecule has 1 spiro atoms. The monoisotopic (exact) mass is 605 g/mol. The molecule has 0 N–H and O–H groups in total. The van der Waals surface area contributed by atoms with Crippen LogP contribution >= 0.6 is 11.3 Å². The molecule has 1 aromatic heterocycles. The van der Waals surface area contributed by atoms with Gasteiger partial charge < -0.3 is 9.64 Å². The largest absolute Gasteiger partial charge is 0.455 e. The van der Waals surface area contributed by atoms with E-state index in [0.717, 1.165) is 28.6 Å². The molecule has 0 bridgehead atoms. The molecule has 8 aromatic rings. The Hall–Kier alpha value is -5.64. The van der Waals surface area contributed by atoms with Crippen LogP contribution in [0.3, 0.4) is 0 Å². The van der Waals surface area contributed by atoms with Gasteiger partial charge in [0.25, 0.3) is 0 Å². The van der Waals surface area contributed by atoms with Crippen molar-refractivity contribution in [2.45, 2.75) is 5.41 Å². The summed E-state index contributed by atoms with van der Waals surface area (Å²) in [7, 11) is 0. The van der Waals surface area contributed by atoms with E-state index < -0.39 is 5.41 Å². The van der Waals surface area contributed by atoms with Gasteiger partial charge in [0.2, 0.25) is 0 Å². The van der Waals surface area contributed by atoms with Gasteiger partial charge in [0.15, 0.2) is 0 Å². The minimum Gasteiger partial charge on any atom is -0.455 e. The van der Waals surface area contributed by atoms with Gasteiger partial charge in [-0.2, -0.15) is 0 Å². The molecule has 2 nitrogen and oxygen atoms in total. The lowest BCUT2D eigenvalue weighted by molar-refractivity contribution is 0.442. The molecule has 0 radical (unpaired) electrons. The van der Waals surface area contributed by atoms with Crippen LogP contribution in [0.2, 0.25) is 0 Å². The summed E-state index contributed by atoms with van der Waals surface area (Å²) in [5.41, 5.74) is 10.6.